The van der Waals surface area contributed by atoms with Crippen LogP contribution in [0.1, 0.15) is 59.8 Å². The highest BCUT2D eigenvalue weighted by atomic mass is 15.1. The predicted octanol–water partition coefficient (Wildman–Crippen LogP) is 3.28. The van der Waals surface area contributed by atoms with Gasteiger partial charge in [0.15, 0.2) is 0 Å². The molecule has 0 aromatic rings. The first-order chi connectivity index (χ1) is 7.78. The Morgan fingerprint density at radius 1 is 0.938 bits per heavy atom. The van der Waals surface area contributed by atoms with E-state index in [1.165, 1.54) is 51.7 Å². The lowest BCUT2D eigenvalue weighted by Crippen LogP contribution is -2.34. The molecule has 1 atom stereocenters. The molecule has 0 aromatic heterocycles. The SMILES string of the molecule is CCCCCC(CCN(CC)CC)NCC. The lowest BCUT2D eigenvalue weighted by molar-refractivity contribution is 0.276. The fourth-order valence-corrected chi connectivity index (χ4v) is 2.16. The Kier molecular flexibility index (Phi) is 11.3. The molecule has 0 aromatic carbocycles. The second-order valence-corrected chi connectivity index (χ2v) is 4.57. The molecule has 0 amide bonds. The van der Waals surface area contributed by atoms with Crippen LogP contribution >= 0.6 is 0 Å². The Hall–Kier alpha value is -0.0800. The average molecular weight is 228 g/mol. The lowest BCUT2D eigenvalue weighted by Gasteiger charge is -2.23. The van der Waals surface area contributed by atoms with E-state index < -0.39 is 0 Å². The van der Waals surface area contributed by atoms with Gasteiger partial charge >= 0.3 is 0 Å². The molecule has 0 bridgehead atoms. The van der Waals surface area contributed by atoms with Gasteiger partial charge in [-0.1, -0.05) is 47.0 Å². The van der Waals surface area contributed by atoms with Crippen molar-refractivity contribution in [2.45, 2.75) is 65.8 Å². The van der Waals surface area contributed by atoms with E-state index in [9.17, 15) is 0 Å². The van der Waals surface area contributed by atoms with Crippen molar-refractivity contribution in [2.75, 3.05) is 26.2 Å². The number of hydrogen-bond acceptors (Lipinski definition) is 2. The summed E-state index contributed by atoms with van der Waals surface area (Å²) < 4.78 is 0. The van der Waals surface area contributed by atoms with Crippen molar-refractivity contribution in [1.82, 2.24) is 10.2 Å². The zero-order valence-electron chi connectivity index (χ0n) is 11.9. The third-order valence-corrected chi connectivity index (χ3v) is 3.34. The minimum atomic E-state index is 0.733. The molecule has 0 aliphatic carbocycles. The van der Waals surface area contributed by atoms with Crippen LogP contribution in [0, 0.1) is 0 Å². The minimum absolute atomic E-state index is 0.733. The van der Waals surface area contributed by atoms with Crippen molar-refractivity contribution in [2.24, 2.45) is 0 Å². The zero-order valence-corrected chi connectivity index (χ0v) is 11.9. The first kappa shape index (κ1) is 15.9. The molecule has 1 unspecified atom stereocenters. The van der Waals surface area contributed by atoms with E-state index in [2.05, 4.69) is 37.9 Å². The van der Waals surface area contributed by atoms with Crippen molar-refractivity contribution in [3.63, 3.8) is 0 Å². The Morgan fingerprint density at radius 3 is 2.12 bits per heavy atom. The highest BCUT2D eigenvalue weighted by Gasteiger charge is 2.08. The summed E-state index contributed by atoms with van der Waals surface area (Å²) in [6, 6.07) is 0.733. The highest BCUT2D eigenvalue weighted by Crippen LogP contribution is 2.07. The van der Waals surface area contributed by atoms with Crippen LogP contribution in [0.2, 0.25) is 0 Å². The predicted molar refractivity (Wildman–Crippen MR) is 74.0 cm³/mol. The molecule has 1 N–H and O–H groups in total. The Labute approximate surface area is 103 Å². The van der Waals surface area contributed by atoms with Crippen LogP contribution in [-0.2, 0) is 0 Å². The Bertz CT molecular complexity index is 133. The van der Waals surface area contributed by atoms with E-state index in [0.29, 0.717) is 0 Å². The first-order valence-electron chi connectivity index (χ1n) is 7.24. The van der Waals surface area contributed by atoms with Gasteiger partial charge in [0.05, 0.1) is 0 Å². The smallest absolute Gasteiger partial charge is 0.00791 e. The van der Waals surface area contributed by atoms with Crippen molar-refractivity contribution >= 4 is 0 Å². The van der Waals surface area contributed by atoms with Crippen LogP contribution in [0.4, 0.5) is 0 Å². The zero-order chi connectivity index (χ0) is 12.2. The third kappa shape index (κ3) is 8.12. The van der Waals surface area contributed by atoms with Crippen molar-refractivity contribution in [3.05, 3.63) is 0 Å². The monoisotopic (exact) mass is 228 g/mol. The van der Waals surface area contributed by atoms with Gasteiger partial charge in [-0.25, -0.2) is 0 Å². The van der Waals surface area contributed by atoms with E-state index in [4.69, 9.17) is 0 Å². The molecule has 0 aliphatic rings. The standard InChI is InChI=1S/C14H32N2/c1-5-9-10-11-14(15-6-2)12-13-16(7-3)8-4/h14-15H,5-13H2,1-4H3. The number of nitrogens with one attached hydrogen (secondary N) is 1. The third-order valence-electron chi connectivity index (χ3n) is 3.34. The van der Waals surface area contributed by atoms with Gasteiger partial charge in [0.2, 0.25) is 0 Å². The van der Waals surface area contributed by atoms with Crippen LogP contribution in [-0.4, -0.2) is 37.1 Å². The Balaban J connectivity index is 3.73. The molecule has 0 aliphatic heterocycles. The molecule has 0 fully saturated rings. The molecule has 0 radical (unpaired) electrons. The van der Waals surface area contributed by atoms with Gasteiger partial charge in [0.25, 0.3) is 0 Å². The lowest BCUT2D eigenvalue weighted by atomic mass is 10.1. The molecule has 0 heterocycles. The maximum absolute atomic E-state index is 3.62. The number of rotatable bonds is 11. The van der Waals surface area contributed by atoms with Gasteiger partial charge in [0.1, 0.15) is 0 Å². The average Bonchev–Trinajstić information content (AvgIpc) is 2.30. The topological polar surface area (TPSA) is 15.3 Å². The van der Waals surface area contributed by atoms with Crippen LogP contribution in [0.15, 0.2) is 0 Å². The molecule has 2 heteroatoms. The fourth-order valence-electron chi connectivity index (χ4n) is 2.16. The van der Waals surface area contributed by atoms with E-state index >= 15 is 0 Å². The summed E-state index contributed by atoms with van der Waals surface area (Å²) in [4.78, 5) is 2.52. The molecule has 0 rings (SSSR count). The summed E-state index contributed by atoms with van der Waals surface area (Å²) >= 11 is 0. The number of nitrogens with zero attached hydrogens (tertiary/aromatic N) is 1. The first-order valence-corrected chi connectivity index (χ1v) is 7.24. The number of hydrogen-bond donors (Lipinski definition) is 1. The van der Waals surface area contributed by atoms with Crippen LogP contribution < -0.4 is 5.32 Å². The van der Waals surface area contributed by atoms with Gasteiger partial charge in [-0.15, -0.1) is 0 Å². The largest absolute Gasteiger partial charge is 0.314 e. The normalized spacial score (nSPS) is 13.3. The second kappa shape index (κ2) is 11.4. The molecule has 0 saturated carbocycles. The van der Waals surface area contributed by atoms with Crippen molar-refractivity contribution in [1.29, 1.82) is 0 Å². The van der Waals surface area contributed by atoms with E-state index in [0.717, 1.165) is 12.6 Å². The molecular weight excluding hydrogens is 196 g/mol. The number of unbranched alkanes of at least 4 members (excludes halogenated alkanes) is 2. The molecular formula is C14H32N2. The quantitative estimate of drug-likeness (QED) is 0.546. The summed E-state index contributed by atoms with van der Waals surface area (Å²) in [6.07, 6.45) is 6.75. The van der Waals surface area contributed by atoms with Gasteiger partial charge in [-0.05, 0) is 39.0 Å². The van der Waals surface area contributed by atoms with Crippen molar-refractivity contribution in [3.8, 4) is 0 Å². The maximum Gasteiger partial charge on any atom is 0.00791 e. The van der Waals surface area contributed by atoms with Gasteiger partial charge in [0, 0.05) is 6.04 Å². The van der Waals surface area contributed by atoms with Crippen LogP contribution in [0.3, 0.4) is 0 Å². The van der Waals surface area contributed by atoms with Crippen molar-refractivity contribution < 1.29 is 0 Å². The highest BCUT2D eigenvalue weighted by molar-refractivity contribution is 4.68. The molecule has 0 saturated heterocycles. The second-order valence-electron chi connectivity index (χ2n) is 4.57. The van der Waals surface area contributed by atoms with E-state index in [1.54, 1.807) is 0 Å². The molecule has 2 nitrogen and oxygen atoms in total. The molecule has 98 valence electrons. The summed E-state index contributed by atoms with van der Waals surface area (Å²) in [6.45, 7) is 13.7. The maximum atomic E-state index is 3.62. The molecule has 16 heavy (non-hydrogen) atoms. The summed E-state index contributed by atoms with van der Waals surface area (Å²) in [7, 11) is 0. The van der Waals surface area contributed by atoms with Gasteiger partial charge in [-0.2, -0.15) is 0 Å². The summed E-state index contributed by atoms with van der Waals surface area (Å²) in [5, 5.41) is 3.62. The minimum Gasteiger partial charge on any atom is -0.314 e. The Morgan fingerprint density at radius 2 is 1.62 bits per heavy atom. The fraction of sp³-hybridized carbons (Fsp3) is 1.00. The summed E-state index contributed by atoms with van der Waals surface area (Å²) in [5.74, 6) is 0. The molecule has 0 spiro atoms. The summed E-state index contributed by atoms with van der Waals surface area (Å²) in [5.41, 5.74) is 0. The van der Waals surface area contributed by atoms with Gasteiger partial charge < -0.3 is 10.2 Å². The van der Waals surface area contributed by atoms with E-state index in [-0.39, 0.29) is 0 Å². The van der Waals surface area contributed by atoms with Crippen LogP contribution in [0.5, 0.6) is 0 Å². The van der Waals surface area contributed by atoms with E-state index in [1.807, 2.05) is 0 Å². The van der Waals surface area contributed by atoms with Crippen LogP contribution in [0.25, 0.3) is 0 Å². The van der Waals surface area contributed by atoms with Gasteiger partial charge in [-0.3, -0.25) is 0 Å².